The lowest BCUT2D eigenvalue weighted by molar-refractivity contribution is -0.385. The number of hydrogen-bond acceptors (Lipinski definition) is 4. The average Bonchev–Trinajstić information content (AvgIpc) is 2.82. The van der Waals surface area contributed by atoms with Crippen LogP contribution in [0.2, 0.25) is 0 Å². The molecule has 94 valence electrons. The van der Waals surface area contributed by atoms with E-state index in [0.29, 0.717) is 11.3 Å². The van der Waals surface area contributed by atoms with Gasteiger partial charge in [-0.25, -0.2) is 4.98 Å². The number of phenolic OH excluding ortho intramolecular Hbond substituents is 1. The molecule has 0 atom stereocenters. The highest BCUT2D eigenvalue weighted by Gasteiger charge is 2.09. The second-order valence-electron chi connectivity index (χ2n) is 4.08. The van der Waals surface area contributed by atoms with Crippen LogP contribution < -0.4 is 0 Å². The molecule has 0 bridgehead atoms. The smallest absolute Gasteiger partial charge is 0.286 e. The maximum absolute atomic E-state index is 10.7. The minimum atomic E-state index is -0.445. The predicted molar refractivity (Wildman–Crippen MR) is 68.9 cm³/mol. The summed E-state index contributed by atoms with van der Waals surface area (Å²) in [6.07, 6.45) is 3.14. The molecule has 0 amide bonds. The van der Waals surface area contributed by atoms with Crippen LogP contribution in [0, 0.1) is 10.1 Å². The molecule has 19 heavy (non-hydrogen) atoms. The van der Waals surface area contributed by atoms with Crippen LogP contribution in [0.4, 0.5) is 5.69 Å². The zero-order valence-corrected chi connectivity index (χ0v) is 9.72. The van der Waals surface area contributed by atoms with Crippen molar-refractivity contribution < 1.29 is 10.0 Å². The highest BCUT2D eigenvalue weighted by atomic mass is 16.6. The van der Waals surface area contributed by atoms with Gasteiger partial charge in [-0.2, -0.15) is 0 Å². The first-order chi connectivity index (χ1) is 9.13. The van der Waals surface area contributed by atoms with E-state index in [1.807, 2.05) is 0 Å². The zero-order valence-electron chi connectivity index (χ0n) is 9.72. The van der Waals surface area contributed by atoms with Gasteiger partial charge >= 0.3 is 0 Å². The van der Waals surface area contributed by atoms with Gasteiger partial charge in [0.2, 0.25) is 0 Å². The Bertz CT molecular complexity index is 762. The second-order valence-corrected chi connectivity index (χ2v) is 4.08. The summed E-state index contributed by atoms with van der Waals surface area (Å²) in [5.74, 6) is 0.183. The van der Waals surface area contributed by atoms with Crippen LogP contribution in [0.25, 0.3) is 16.9 Å². The first-order valence-corrected chi connectivity index (χ1v) is 5.56. The third-order valence-electron chi connectivity index (χ3n) is 2.81. The Kier molecular flexibility index (Phi) is 2.42. The number of hydrogen-bond donors (Lipinski definition) is 1. The fourth-order valence-electron chi connectivity index (χ4n) is 1.86. The summed E-state index contributed by atoms with van der Waals surface area (Å²) in [7, 11) is 0. The van der Waals surface area contributed by atoms with E-state index in [1.54, 1.807) is 40.9 Å². The quantitative estimate of drug-likeness (QED) is 0.563. The number of rotatable bonds is 2. The number of phenols is 1. The molecule has 1 aromatic carbocycles. The van der Waals surface area contributed by atoms with E-state index in [-0.39, 0.29) is 11.4 Å². The lowest BCUT2D eigenvalue weighted by Crippen LogP contribution is -1.90. The maximum atomic E-state index is 10.7. The molecule has 2 heterocycles. The van der Waals surface area contributed by atoms with Gasteiger partial charge in [0.15, 0.2) is 0 Å². The Morgan fingerprint density at radius 2 is 1.84 bits per heavy atom. The molecular weight excluding hydrogens is 246 g/mol. The zero-order chi connectivity index (χ0) is 13.4. The van der Waals surface area contributed by atoms with Crippen LogP contribution in [0.5, 0.6) is 5.75 Å². The van der Waals surface area contributed by atoms with Gasteiger partial charge in [-0.05, 0) is 30.3 Å². The maximum Gasteiger partial charge on any atom is 0.286 e. The number of nitrogens with zero attached hydrogens (tertiary/aromatic N) is 3. The monoisotopic (exact) mass is 255 g/mol. The summed E-state index contributed by atoms with van der Waals surface area (Å²) in [6.45, 7) is 0. The summed E-state index contributed by atoms with van der Waals surface area (Å²) in [6, 6.07) is 9.64. The van der Waals surface area contributed by atoms with Crippen molar-refractivity contribution in [3.05, 3.63) is 58.9 Å². The van der Waals surface area contributed by atoms with Gasteiger partial charge in [0, 0.05) is 17.8 Å². The van der Waals surface area contributed by atoms with Crippen LogP contribution in [0.3, 0.4) is 0 Å². The highest BCUT2D eigenvalue weighted by Crippen LogP contribution is 2.22. The van der Waals surface area contributed by atoms with Gasteiger partial charge in [-0.15, -0.1) is 0 Å². The molecule has 2 aromatic heterocycles. The molecule has 0 saturated carbocycles. The number of fused-ring (bicyclic) bond motifs is 1. The van der Waals surface area contributed by atoms with Crippen molar-refractivity contribution in [2.45, 2.75) is 0 Å². The normalized spacial score (nSPS) is 10.7. The number of aromatic nitrogens is 2. The minimum Gasteiger partial charge on any atom is -0.508 e. The van der Waals surface area contributed by atoms with E-state index >= 15 is 0 Å². The third kappa shape index (κ3) is 1.99. The van der Waals surface area contributed by atoms with E-state index in [2.05, 4.69) is 4.98 Å². The van der Waals surface area contributed by atoms with Gasteiger partial charge in [0.25, 0.3) is 5.69 Å². The van der Waals surface area contributed by atoms with E-state index < -0.39 is 4.92 Å². The van der Waals surface area contributed by atoms with Crippen LogP contribution in [-0.2, 0) is 0 Å². The topological polar surface area (TPSA) is 80.7 Å². The number of pyridine rings is 1. The van der Waals surface area contributed by atoms with Crippen molar-refractivity contribution in [2.75, 3.05) is 0 Å². The molecule has 0 fully saturated rings. The molecule has 0 spiro atoms. The number of imidazole rings is 1. The third-order valence-corrected chi connectivity index (χ3v) is 2.81. The molecule has 1 N–H and O–H groups in total. The van der Waals surface area contributed by atoms with Crippen LogP contribution in [0.1, 0.15) is 0 Å². The van der Waals surface area contributed by atoms with Crippen molar-refractivity contribution in [2.24, 2.45) is 0 Å². The lowest BCUT2D eigenvalue weighted by Gasteiger charge is -1.95. The molecule has 0 aliphatic carbocycles. The first-order valence-electron chi connectivity index (χ1n) is 5.56. The number of nitro groups is 1. The largest absolute Gasteiger partial charge is 0.508 e. The summed E-state index contributed by atoms with van der Waals surface area (Å²) >= 11 is 0. The van der Waals surface area contributed by atoms with Crippen molar-refractivity contribution in [3.63, 3.8) is 0 Å². The number of aromatic hydroxyl groups is 1. The van der Waals surface area contributed by atoms with Crippen LogP contribution >= 0.6 is 0 Å². The summed E-state index contributed by atoms with van der Waals surface area (Å²) in [5.41, 5.74) is 2.18. The fourth-order valence-corrected chi connectivity index (χ4v) is 1.86. The minimum absolute atomic E-state index is 0.0159. The molecule has 3 aromatic rings. The Hall–Kier alpha value is -2.89. The van der Waals surface area contributed by atoms with Crippen molar-refractivity contribution in [3.8, 4) is 17.0 Å². The van der Waals surface area contributed by atoms with E-state index in [0.717, 1.165) is 5.56 Å². The van der Waals surface area contributed by atoms with Crippen LogP contribution in [0.15, 0.2) is 48.8 Å². The van der Waals surface area contributed by atoms with Gasteiger partial charge in [0.05, 0.1) is 16.8 Å². The van der Waals surface area contributed by atoms with Gasteiger partial charge < -0.3 is 5.11 Å². The van der Waals surface area contributed by atoms with Crippen molar-refractivity contribution >= 4 is 11.3 Å². The Balaban J connectivity index is 2.11. The Labute approximate surface area is 107 Å². The van der Waals surface area contributed by atoms with Crippen molar-refractivity contribution in [1.29, 1.82) is 0 Å². The van der Waals surface area contributed by atoms with Gasteiger partial charge in [-0.1, -0.05) is 0 Å². The predicted octanol–water partition coefficient (Wildman–Crippen LogP) is 2.62. The fraction of sp³-hybridized carbons (Fsp3) is 0. The molecule has 0 unspecified atom stereocenters. The highest BCUT2D eigenvalue weighted by molar-refractivity contribution is 5.63. The molecule has 0 radical (unpaired) electrons. The van der Waals surface area contributed by atoms with Gasteiger partial charge in [-0.3, -0.25) is 14.5 Å². The Morgan fingerprint density at radius 3 is 2.53 bits per heavy atom. The second kappa shape index (κ2) is 4.09. The molecule has 6 heteroatoms. The molecule has 0 aliphatic heterocycles. The van der Waals surface area contributed by atoms with E-state index in [1.165, 1.54) is 12.3 Å². The lowest BCUT2D eigenvalue weighted by atomic mass is 10.2. The molecule has 0 aliphatic rings. The van der Waals surface area contributed by atoms with E-state index in [4.69, 9.17) is 0 Å². The first kappa shape index (κ1) is 11.2. The van der Waals surface area contributed by atoms with Crippen molar-refractivity contribution in [1.82, 2.24) is 9.38 Å². The van der Waals surface area contributed by atoms with E-state index in [9.17, 15) is 15.2 Å². The average molecular weight is 255 g/mol. The standard InChI is InChI=1S/C13H9N3O3/c17-11-4-1-9(2-5-11)12-8-15-7-10(16(18)19)3-6-13(15)14-12/h1-8,17H. The Morgan fingerprint density at radius 1 is 1.11 bits per heavy atom. The molecule has 3 rings (SSSR count). The molecule has 6 nitrogen and oxygen atoms in total. The molecular formula is C13H9N3O3. The summed E-state index contributed by atoms with van der Waals surface area (Å²) < 4.78 is 1.61. The van der Waals surface area contributed by atoms with Crippen LogP contribution in [-0.4, -0.2) is 19.4 Å². The summed E-state index contributed by atoms with van der Waals surface area (Å²) in [5, 5.41) is 19.9. The van der Waals surface area contributed by atoms with Gasteiger partial charge in [0.1, 0.15) is 11.4 Å². The summed E-state index contributed by atoms with van der Waals surface area (Å²) in [4.78, 5) is 14.6. The number of benzene rings is 1. The molecule has 0 saturated heterocycles. The SMILES string of the molecule is O=[N+]([O-])c1ccc2nc(-c3ccc(O)cc3)cn2c1.